The van der Waals surface area contributed by atoms with Crippen molar-refractivity contribution in [3.05, 3.63) is 121 Å². The van der Waals surface area contributed by atoms with E-state index in [-0.39, 0.29) is 5.97 Å². The Balaban J connectivity index is 2.03. The number of carbonyl (C=O) groups is 1. The molecule has 0 aliphatic carbocycles. The van der Waals surface area contributed by atoms with E-state index in [4.69, 9.17) is 9.48 Å². The van der Waals surface area contributed by atoms with E-state index in [1.807, 2.05) is 66.7 Å². The van der Waals surface area contributed by atoms with E-state index in [0.29, 0.717) is 12.4 Å². The Labute approximate surface area is 194 Å². The molecule has 0 unspecified atom stereocenters. The fourth-order valence-corrected chi connectivity index (χ4v) is 7.17. The number of hydrogen-bond acceptors (Lipinski definition) is 4. The third-order valence-corrected chi connectivity index (χ3v) is 8.76. The molecule has 4 rings (SSSR count). The molecule has 1 aromatic heterocycles. The van der Waals surface area contributed by atoms with Gasteiger partial charge in [-0.1, -0.05) is 91.0 Å². The van der Waals surface area contributed by atoms with Crippen LogP contribution < -0.4 is 15.9 Å². The van der Waals surface area contributed by atoms with Crippen molar-refractivity contribution in [2.45, 2.75) is 6.92 Å². The molecule has 5 heteroatoms. The van der Waals surface area contributed by atoms with Crippen LogP contribution in [-0.4, -0.2) is 17.6 Å². The lowest BCUT2D eigenvalue weighted by Crippen LogP contribution is -2.25. The highest BCUT2D eigenvalue weighted by molar-refractivity contribution is 7.87. The molecular formula is C28H25N2O2P. The van der Waals surface area contributed by atoms with Crippen molar-refractivity contribution in [2.75, 3.05) is 6.61 Å². The SMILES string of the molecule is CCOC(=O)C=Cc1cccnc1N=P(c1ccccc1)(c1ccccc1)c1ccccc1. The van der Waals surface area contributed by atoms with Crippen LogP contribution in [0.25, 0.3) is 6.08 Å². The van der Waals surface area contributed by atoms with Crippen molar-refractivity contribution in [2.24, 2.45) is 4.74 Å². The average Bonchev–Trinajstić information content (AvgIpc) is 2.88. The minimum atomic E-state index is -2.45. The quantitative estimate of drug-likeness (QED) is 0.212. The van der Waals surface area contributed by atoms with Gasteiger partial charge in [0.15, 0.2) is 5.82 Å². The third kappa shape index (κ3) is 5.02. The maximum Gasteiger partial charge on any atom is 0.330 e. The summed E-state index contributed by atoms with van der Waals surface area (Å²) in [5, 5.41) is 3.40. The molecule has 0 aliphatic rings. The lowest BCUT2D eigenvalue weighted by atomic mass is 10.2. The predicted molar refractivity (Wildman–Crippen MR) is 137 cm³/mol. The normalized spacial score (nSPS) is 11.3. The molecule has 0 saturated carbocycles. The van der Waals surface area contributed by atoms with Crippen molar-refractivity contribution >= 4 is 40.8 Å². The van der Waals surface area contributed by atoms with Crippen molar-refractivity contribution in [3.8, 4) is 0 Å². The molecule has 0 spiro atoms. The number of ether oxygens (including phenoxy) is 1. The molecule has 0 radical (unpaired) electrons. The van der Waals surface area contributed by atoms with E-state index < -0.39 is 7.05 Å². The molecule has 164 valence electrons. The Morgan fingerprint density at radius 2 is 1.33 bits per heavy atom. The van der Waals surface area contributed by atoms with E-state index in [1.54, 1.807) is 19.2 Å². The molecule has 0 amide bonds. The predicted octanol–water partition coefficient (Wildman–Crippen LogP) is 5.47. The Morgan fingerprint density at radius 3 is 1.82 bits per heavy atom. The summed E-state index contributed by atoms with van der Waals surface area (Å²) >= 11 is 0. The fraction of sp³-hybridized carbons (Fsp3) is 0.0714. The van der Waals surface area contributed by atoms with E-state index in [0.717, 1.165) is 21.5 Å². The second kappa shape index (κ2) is 10.7. The second-order valence-corrected chi connectivity index (χ2v) is 10.3. The number of benzene rings is 3. The standard InChI is InChI=1S/C28H25N2O2P/c1-2-32-27(31)21-20-23-13-12-22-29-28(23)30-33(24-14-6-3-7-15-24,25-16-8-4-9-17-25)26-18-10-5-11-19-26/h3-22H,2H2,1H3. The summed E-state index contributed by atoms with van der Waals surface area (Å²) in [6.07, 6.45) is 4.88. The van der Waals surface area contributed by atoms with Crippen molar-refractivity contribution in [3.63, 3.8) is 0 Å². The van der Waals surface area contributed by atoms with Crippen LogP contribution in [0.15, 0.2) is 120 Å². The minimum absolute atomic E-state index is 0.331. The van der Waals surface area contributed by atoms with Crippen molar-refractivity contribution < 1.29 is 9.53 Å². The van der Waals surface area contributed by atoms with Gasteiger partial charge >= 0.3 is 5.97 Å². The number of nitrogens with zero attached hydrogens (tertiary/aromatic N) is 2. The number of hydrogen-bond donors (Lipinski definition) is 0. The molecule has 4 aromatic rings. The van der Waals surface area contributed by atoms with Gasteiger partial charge in [-0.25, -0.2) is 14.5 Å². The number of carbonyl (C=O) groups excluding carboxylic acids is 1. The molecule has 0 atom stereocenters. The molecule has 33 heavy (non-hydrogen) atoms. The summed E-state index contributed by atoms with van der Waals surface area (Å²) in [4.78, 5) is 16.5. The van der Waals surface area contributed by atoms with E-state index in [2.05, 4.69) is 41.4 Å². The first-order valence-electron chi connectivity index (χ1n) is 10.8. The minimum Gasteiger partial charge on any atom is -0.463 e. The number of rotatable bonds is 7. The molecule has 1 heterocycles. The maximum absolute atomic E-state index is 11.9. The lowest BCUT2D eigenvalue weighted by Gasteiger charge is -2.27. The molecule has 0 bridgehead atoms. The first kappa shape index (κ1) is 22.4. The highest BCUT2D eigenvalue weighted by Gasteiger charge is 2.27. The van der Waals surface area contributed by atoms with Crippen molar-refractivity contribution in [1.29, 1.82) is 0 Å². The number of pyridine rings is 1. The van der Waals surface area contributed by atoms with Crippen LogP contribution in [-0.2, 0) is 9.53 Å². The molecule has 0 N–H and O–H groups in total. The van der Waals surface area contributed by atoms with Gasteiger partial charge in [0.2, 0.25) is 0 Å². The Kier molecular flexibility index (Phi) is 7.29. The highest BCUT2D eigenvalue weighted by atomic mass is 31.2. The third-order valence-electron chi connectivity index (χ3n) is 5.14. The summed E-state index contributed by atoms with van der Waals surface area (Å²) in [5.41, 5.74) is 0.762. The highest BCUT2D eigenvalue weighted by Crippen LogP contribution is 2.49. The first-order chi connectivity index (χ1) is 16.2. The van der Waals surface area contributed by atoms with Gasteiger partial charge in [-0.05, 0) is 25.1 Å². The smallest absolute Gasteiger partial charge is 0.330 e. The van der Waals surface area contributed by atoms with Crippen LogP contribution in [0.2, 0.25) is 0 Å². The van der Waals surface area contributed by atoms with Crippen LogP contribution in [0.4, 0.5) is 5.82 Å². The van der Waals surface area contributed by atoms with Gasteiger partial charge < -0.3 is 4.74 Å². The zero-order valence-corrected chi connectivity index (χ0v) is 19.3. The van der Waals surface area contributed by atoms with Gasteiger partial charge in [-0.3, -0.25) is 0 Å². The van der Waals surface area contributed by atoms with E-state index >= 15 is 0 Å². The Hall–Kier alpha value is -3.75. The summed E-state index contributed by atoms with van der Waals surface area (Å²) in [6, 6.07) is 34.9. The van der Waals surface area contributed by atoms with Crippen LogP contribution in [0.3, 0.4) is 0 Å². The lowest BCUT2D eigenvalue weighted by molar-refractivity contribution is -0.137. The monoisotopic (exact) mass is 452 g/mol. The second-order valence-electron chi connectivity index (χ2n) is 7.24. The van der Waals surface area contributed by atoms with Gasteiger partial charge in [0.25, 0.3) is 0 Å². The Morgan fingerprint density at radius 1 is 0.818 bits per heavy atom. The topological polar surface area (TPSA) is 51.5 Å². The molecule has 0 aliphatic heterocycles. The fourth-order valence-electron chi connectivity index (χ4n) is 3.66. The summed E-state index contributed by atoms with van der Waals surface area (Å²) in [6.45, 7) is 2.12. The number of esters is 1. The van der Waals surface area contributed by atoms with E-state index in [9.17, 15) is 4.79 Å². The molecule has 4 nitrogen and oxygen atoms in total. The summed E-state index contributed by atoms with van der Waals surface area (Å²) in [5.74, 6) is 0.200. The zero-order valence-electron chi connectivity index (χ0n) is 18.4. The average molecular weight is 452 g/mol. The van der Waals surface area contributed by atoms with Gasteiger partial charge in [-0.15, -0.1) is 0 Å². The maximum atomic E-state index is 11.9. The van der Waals surface area contributed by atoms with Crippen LogP contribution in [0.1, 0.15) is 12.5 Å². The molecule has 3 aromatic carbocycles. The van der Waals surface area contributed by atoms with E-state index in [1.165, 1.54) is 6.08 Å². The molecule has 0 saturated heterocycles. The van der Waals surface area contributed by atoms with Crippen LogP contribution in [0.5, 0.6) is 0 Å². The largest absolute Gasteiger partial charge is 0.463 e. The van der Waals surface area contributed by atoms with Gasteiger partial charge in [0.05, 0.1) is 13.7 Å². The van der Waals surface area contributed by atoms with Crippen LogP contribution in [0, 0.1) is 0 Å². The summed E-state index contributed by atoms with van der Waals surface area (Å²) < 4.78 is 10.5. The van der Waals surface area contributed by atoms with Crippen molar-refractivity contribution in [1.82, 2.24) is 4.98 Å². The number of aromatic nitrogens is 1. The molecular weight excluding hydrogens is 427 g/mol. The van der Waals surface area contributed by atoms with Crippen LogP contribution >= 0.6 is 7.05 Å². The summed E-state index contributed by atoms with van der Waals surface area (Å²) in [7, 11) is -2.45. The van der Waals surface area contributed by atoms with Gasteiger partial charge in [0, 0.05) is 33.7 Å². The first-order valence-corrected chi connectivity index (χ1v) is 12.6. The Bertz CT molecular complexity index is 1180. The van der Waals surface area contributed by atoms with Gasteiger partial charge in [0.1, 0.15) is 0 Å². The van der Waals surface area contributed by atoms with Gasteiger partial charge in [-0.2, -0.15) is 0 Å². The molecule has 0 fully saturated rings. The zero-order chi connectivity index (χ0) is 22.9.